The molecule has 1 aromatic heterocycles. The van der Waals surface area contributed by atoms with Gasteiger partial charge in [0, 0.05) is 42.2 Å². The average Bonchev–Trinajstić information content (AvgIpc) is 3.42. The Balaban J connectivity index is 1.37. The van der Waals surface area contributed by atoms with Crippen molar-refractivity contribution in [3.8, 4) is 11.3 Å². The average molecular weight is 643 g/mol. The van der Waals surface area contributed by atoms with Gasteiger partial charge in [0.05, 0.1) is 20.9 Å². The first-order chi connectivity index (χ1) is 21.7. The lowest BCUT2D eigenvalue weighted by Crippen LogP contribution is -2.55. The van der Waals surface area contributed by atoms with Crippen LogP contribution in [0.1, 0.15) is 74.6 Å². The molecule has 1 unspecified atom stereocenters. The van der Waals surface area contributed by atoms with Crippen molar-refractivity contribution in [1.29, 1.82) is 0 Å². The van der Waals surface area contributed by atoms with Gasteiger partial charge in [0.25, 0.3) is 5.69 Å². The zero-order valence-electron chi connectivity index (χ0n) is 27.1. The van der Waals surface area contributed by atoms with Crippen molar-refractivity contribution >= 4 is 32.5 Å². The van der Waals surface area contributed by atoms with Gasteiger partial charge in [0.2, 0.25) is 15.9 Å². The number of aromatic nitrogens is 1. The van der Waals surface area contributed by atoms with Crippen molar-refractivity contribution < 1.29 is 18.1 Å². The van der Waals surface area contributed by atoms with Crippen LogP contribution in [0.3, 0.4) is 0 Å². The maximum Gasteiger partial charge on any atom is 0.269 e. The Morgan fingerprint density at radius 3 is 2.26 bits per heavy atom. The molecule has 1 aliphatic carbocycles. The Hall–Kier alpha value is -4.02. The van der Waals surface area contributed by atoms with Crippen molar-refractivity contribution in [2.24, 2.45) is 5.92 Å². The van der Waals surface area contributed by atoms with Crippen molar-refractivity contribution in [3.63, 3.8) is 0 Å². The fraction of sp³-hybridized carbons (Fsp3) is 0.417. The van der Waals surface area contributed by atoms with Crippen LogP contribution in [-0.4, -0.2) is 48.3 Å². The summed E-state index contributed by atoms with van der Waals surface area (Å²) in [5.41, 5.74) is 6.07. The summed E-state index contributed by atoms with van der Waals surface area (Å²) in [6, 6.07) is 17.7. The Morgan fingerprint density at radius 2 is 1.67 bits per heavy atom. The third-order valence-electron chi connectivity index (χ3n) is 10.0. The van der Waals surface area contributed by atoms with E-state index in [0.717, 1.165) is 63.8 Å². The number of aryl methyl sites for hydroxylation is 2. The van der Waals surface area contributed by atoms with Crippen LogP contribution < -0.4 is 4.72 Å². The minimum Gasteiger partial charge on any atom is -0.354 e. The van der Waals surface area contributed by atoms with Gasteiger partial charge in [-0.2, -0.15) is 0 Å². The molecule has 2 saturated heterocycles. The second-order valence-electron chi connectivity index (χ2n) is 13.8. The number of sulfonamides is 1. The van der Waals surface area contributed by atoms with E-state index in [4.69, 9.17) is 0 Å². The molecule has 2 aliphatic heterocycles. The summed E-state index contributed by atoms with van der Waals surface area (Å²) in [4.78, 5) is 30.3. The molecule has 2 bridgehead atoms. The van der Waals surface area contributed by atoms with Gasteiger partial charge >= 0.3 is 0 Å². The lowest BCUT2D eigenvalue weighted by molar-refractivity contribution is -0.384. The molecule has 1 amide bonds. The summed E-state index contributed by atoms with van der Waals surface area (Å²) in [5.74, 6) is 0.501. The monoisotopic (exact) mass is 642 g/mol. The summed E-state index contributed by atoms with van der Waals surface area (Å²) < 4.78 is 29.2. The topological polar surface area (TPSA) is 125 Å². The number of aromatic amines is 1. The second kappa shape index (κ2) is 12.0. The minimum absolute atomic E-state index is 0.0345. The van der Waals surface area contributed by atoms with Crippen molar-refractivity contribution in [3.05, 3.63) is 93.0 Å². The summed E-state index contributed by atoms with van der Waals surface area (Å²) in [7, 11) is -3.93. The predicted molar refractivity (Wildman–Crippen MR) is 180 cm³/mol. The number of hydrogen-bond donors (Lipinski definition) is 2. The van der Waals surface area contributed by atoms with Gasteiger partial charge in [-0.25, -0.2) is 13.1 Å². The minimum atomic E-state index is -3.93. The number of nitrogens with one attached hydrogen (secondary N) is 2. The van der Waals surface area contributed by atoms with E-state index in [1.165, 1.54) is 37.1 Å². The van der Waals surface area contributed by atoms with Crippen LogP contribution in [0, 0.1) is 29.9 Å². The first-order valence-electron chi connectivity index (χ1n) is 16.0. The number of carbonyl (C=O) groups excluding carboxylic acids is 1. The number of piperidine rings is 2. The maximum absolute atomic E-state index is 14.1. The van der Waals surface area contributed by atoms with E-state index in [0.29, 0.717) is 12.0 Å². The summed E-state index contributed by atoms with van der Waals surface area (Å²) >= 11 is 0. The van der Waals surface area contributed by atoms with Gasteiger partial charge in [-0.05, 0) is 118 Å². The first-order valence-corrected chi connectivity index (χ1v) is 17.5. The highest BCUT2D eigenvalue weighted by Gasteiger charge is 2.42. The highest BCUT2D eigenvalue weighted by molar-refractivity contribution is 7.89. The molecule has 2 N–H and O–H groups in total. The molecular weight excluding hydrogens is 600 g/mol. The third kappa shape index (κ3) is 5.96. The molecule has 10 heteroatoms. The third-order valence-corrected chi connectivity index (χ3v) is 11.4. The molecule has 3 fully saturated rings. The molecule has 0 radical (unpaired) electrons. The normalized spacial score (nSPS) is 19.0. The highest BCUT2D eigenvalue weighted by Crippen LogP contribution is 2.41. The number of benzene rings is 3. The summed E-state index contributed by atoms with van der Waals surface area (Å²) in [5, 5.41) is 12.0. The number of non-ortho nitro benzene ring substituents is 1. The van der Waals surface area contributed by atoms with Crippen molar-refractivity contribution in [2.45, 2.75) is 82.6 Å². The number of nitrogens with zero attached hydrogens (tertiary/aromatic N) is 2. The highest BCUT2D eigenvalue weighted by atomic mass is 32.2. The van der Waals surface area contributed by atoms with E-state index in [1.807, 2.05) is 32.9 Å². The number of fused-ring (bicyclic) bond motifs is 4. The number of amides is 1. The SMILES string of the molecule is Cc1cc(C)cc(-c2[nH]c3ccc(C(C)(C)C(=O)N4CC5CCC4CC5)cc3c2C(C)CNS(=O)(=O)c2ccc([N+](=O)[O-])cc2)c1. The molecule has 1 saturated carbocycles. The molecule has 9 nitrogen and oxygen atoms in total. The van der Waals surface area contributed by atoms with Crippen LogP contribution in [0.25, 0.3) is 22.2 Å². The lowest BCUT2D eigenvalue weighted by atomic mass is 9.76. The molecule has 3 aromatic carbocycles. The van der Waals surface area contributed by atoms with Gasteiger partial charge in [-0.1, -0.05) is 30.2 Å². The van der Waals surface area contributed by atoms with E-state index >= 15 is 0 Å². The van der Waals surface area contributed by atoms with Crippen molar-refractivity contribution in [2.75, 3.05) is 13.1 Å². The Labute approximate surface area is 270 Å². The van der Waals surface area contributed by atoms with E-state index < -0.39 is 20.4 Å². The molecule has 0 spiro atoms. The molecular formula is C36H42N4O5S. The molecule has 4 aromatic rings. The standard InChI is InChI=1S/C36H42N4O5S/c1-22-16-23(2)18-26(17-22)34-33(24(3)20-37-46(44,45)30-13-11-29(12-14-30)40(42)43)31-19-27(8-15-32(31)38-34)36(4,5)35(41)39-21-25-6-9-28(39)10-7-25/h8,11-19,24-25,28,37-38H,6-7,9-10,20-21H2,1-5H3. The number of rotatable bonds is 9. The van der Waals surface area contributed by atoms with Gasteiger partial charge in [0.1, 0.15) is 0 Å². The largest absolute Gasteiger partial charge is 0.354 e. The number of H-pyrrole nitrogens is 1. The molecule has 3 heterocycles. The number of carbonyl (C=O) groups is 1. The van der Waals surface area contributed by atoms with Crippen LogP contribution in [0.4, 0.5) is 5.69 Å². The van der Waals surface area contributed by atoms with E-state index in [-0.39, 0.29) is 29.0 Å². The van der Waals surface area contributed by atoms with Crippen LogP contribution in [0.15, 0.2) is 65.6 Å². The van der Waals surface area contributed by atoms with Gasteiger partial charge in [0.15, 0.2) is 0 Å². The molecule has 7 rings (SSSR count). The maximum atomic E-state index is 14.1. The van der Waals surface area contributed by atoms with Crippen LogP contribution in [0.5, 0.6) is 0 Å². The Morgan fingerprint density at radius 1 is 1.02 bits per heavy atom. The smallest absolute Gasteiger partial charge is 0.269 e. The van der Waals surface area contributed by atoms with E-state index in [1.54, 1.807) is 0 Å². The number of nitro groups is 1. The van der Waals surface area contributed by atoms with E-state index in [2.05, 4.69) is 52.7 Å². The zero-order valence-corrected chi connectivity index (χ0v) is 27.9. The van der Waals surface area contributed by atoms with Gasteiger partial charge < -0.3 is 9.88 Å². The van der Waals surface area contributed by atoms with Crippen LogP contribution in [0.2, 0.25) is 0 Å². The van der Waals surface area contributed by atoms with Crippen molar-refractivity contribution in [1.82, 2.24) is 14.6 Å². The zero-order chi connectivity index (χ0) is 33.0. The van der Waals surface area contributed by atoms with Crippen LogP contribution >= 0.6 is 0 Å². The fourth-order valence-electron chi connectivity index (χ4n) is 7.42. The Bertz CT molecular complexity index is 1900. The fourth-order valence-corrected chi connectivity index (χ4v) is 8.56. The molecule has 1 atom stereocenters. The van der Waals surface area contributed by atoms with Gasteiger partial charge in [-0.15, -0.1) is 0 Å². The molecule has 3 aliphatic rings. The first kappa shape index (κ1) is 31.9. The Kier molecular flexibility index (Phi) is 8.31. The number of nitro benzene ring substituents is 1. The summed E-state index contributed by atoms with van der Waals surface area (Å²) in [6.45, 7) is 11.1. The predicted octanol–water partition coefficient (Wildman–Crippen LogP) is 7.12. The molecule has 46 heavy (non-hydrogen) atoms. The number of hydrogen-bond acceptors (Lipinski definition) is 5. The summed E-state index contributed by atoms with van der Waals surface area (Å²) in [6.07, 6.45) is 4.58. The van der Waals surface area contributed by atoms with Gasteiger partial charge in [-0.3, -0.25) is 14.9 Å². The van der Waals surface area contributed by atoms with E-state index in [9.17, 15) is 23.3 Å². The quantitative estimate of drug-likeness (QED) is 0.149. The second-order valence-corrected chi connectivity index (χ2v) is 15.6. The van der Waals surface area contributed by atoms with Crippen LogP contribution in [-0.2, 0) is 20.2 Å². The lowest BCUT2D eigenvalue weighted by Gasteiger charge is -2.47. The molecule has 242 valence electrons.